The summed E-state index contributed by atoms with van der Waals surface area (Å²) in [5.41, 5.74) is 0.624. The summed E-state index contributed by atoms with van der Waals surface area (Å²) in [4.78, 5) is 12.8. The first-order chi connectivity index (χ1) is 13.2. The Labute approximate surface area is 168 Å². The molecule has 0 aliphatic carbocycles. The normalized spacial score (nSPS) is 13.7. The Bertz CT molecular complexity index is 1010. The summed E-state index contributed by atoms with van der Waals surface area (Å²) in [5, 5.41) is 3.00. The summed E-state index contributed by atoms with van der Waals surface area (Å²) in [6.07, 6.45) is 1.01. The number of hydrogen-bond acceptors (Lipinski definition) is 6. The second kappa shape index (κ2) is 7.76. The Morgan fingerprint density at radius 3 is 2.61 bits per heavy atom. The van der Waals surface area contributed by atoms with E-state index in [4.69, 9.17) is 25.8 Å². The zero-order valence-corrected chi connectivity index (χ0v) is 17.0. The number of nitrogens with one attached hydrogen (secondary N) is 1. The van der Waals surface area contributed by atoms with E-state index in [-0.39, 0.29) is 18.2 Å². The van der Waals surface area contributed by atoms with Crippen molar-refractivity contribution in [3.8, 4) is 17.2 Å². The average Bonchev–Trinajstić information content (AvgIpc) is 3.08. The van der Waals surface area contributed by atoms with Crippen molar-refractivity contribution in [3.63, 3.8) is 0 Å². The fourth-order valence-corrected chi connectivity index (χ4v) is 4.17. The van der Waals surface area contributed by atoms with Gasteiger partial charge in [-0.2, -0.15) is 0 Å². The van der Waals surface area contributed by atoms with Gasteiger partial charge in [-0.1, -0.05) is 11.6 Å². The number of rotatable bonds is 6. The Morgan fingerprint density at radius 1 is 1.21 bits per heavy atom. The number of benzene rings is 2. The van der Waals surface area contributed by atoms with Gasteiger partial charge in [-0.15, -0.1) is 0 Å². The molecule has 1 aliphatic heterocycles. The smallest absolute Gasteiger partial charge is 0.247 e. The first-order valence-corrected chi connectivity index (χ1v) is 10.5. The van der Waals surface area contributed by atoms with Gasteiger partial charge in [-0.05, 0) is 37.3 Å². The van der Waals surface area contributed by atoms with Crippen LogP contribution in [0.25, 0.3) is 0 Å². The van der Waals surface area contributed by atoms with Gasteiger partial charge in [0.1, 0.15) is 11.8 Å². The molecule has 150 valence electrons. The number of fused-ring (bicyclic) bond motifs is 1. The van der Waals surface area contributed by atoms with Gasteiger partial charge in [0.05, 0.1) is 19.1 Å². The number of nitrogens with zero attached hydrogens (tertiary/aromatic N) is 1. The quantitative estimate of drug-likeness (QED) is 0.763. The SMILES string of the molecule is COc1ccc(Cl)cc1N(C(C)C(=O)Nc1ccc2c(c1)OCO2)S(C)(=O)=O. The first kappa shape index (κ1) is 20.1. The number of anilines is 2. The molecule has 0 bridgehead atoms. The van der Waals surface area contributed by atoms with Crippen molar-refractivity contribution in [2.24, 2.45) is 0 Å². The number of ether oxygens (including phenoxy) is 3. The predicted octanol–water partition coefficient (Wildman–Crippen LogP) is 2.87. The average molecular weight is 427 g/mol. The molecule has 1 atom stereocenters. The maximum absolute atomic E-state index is 12.8. The number of methoxy groups -OCH3 is 1. The van der Waals surface area contributed by atoms with E-state index in [1.165, 1.54) is 26.2 Å². The lowest BCUT2D eigenvalue weighted by Crippen LogP contribution is -2.45. The largest absolute Gasteiger partial charge is 0.495 e. The van der Waals surface area contributed by atoms with Crippen molar-refractivity contribution in [3.05, 3.63) is 41.4 Å². The minimum atomic E-state index is -3.82. The summed E-state index contributed by atoms with van der Waals surface area (Å²) < 4.78 is 41.7. The highest BCUT2D eigenvalue weighted by Gasteiger charge is 2.31. The van der Waals surface area contributed by atoms with Crippen LogP contribution in [0.4, 0.5) is 11.4 Å². The minimum absolute atomic E-state index is 0.111. The molecule has 2 aromatic carbocycles. The molecule has 28 heavy (non-hydrogen) atoms. The van der Waals surface area contributed by atoms with Gasteiger partial charge in [0.25, 0.3) is 0 Å². The van der Waals surface area contributed by atoms with E-state index in [1.807, 2.05) is 0 Å². The van der Waals surface area contributed by atoms with Crippen LogP contribution in [0.2, 0.25) is 5.02 Å². The first-order valence-electron chi connectivity index (χ1n) is 8.24. The van der Waals surface area contributed by atoms with Crippen molar-refractivity contribution < 1.29 is 27.4 Å². The molecule has 1 heterocycles. The van der Waals surface area contributed by atoms with E-state index in [9.17, 15) is 13.2 Å². The van der Waals surface area contributed by atoms with Crippen LogP contribution in [0.5, 0.6) is 17.2 Å². The third kappa shape index (κ3) is 4.10. The number of carbonyl (C=O) groups excluding carboxylic acids is 1. The van der Waals surface area contributed by atoms with E-state index in [2.05, 4.69) is 5.32 Å². The topological polar surface area (TPSA) is 94.2 Å². The summed E-state index contributed by atoms with van der Waals surface area (Å²) in [5.74, 6) is 0.818. The van der Waals surface area contributed by atoms with E-state index >= 15 is 0 Å². The van der Waals surface area contributed by atoms with E-state index < -0.39 is 22.0 Å². The summed E-state index contributed by atoms with van der Waals surface area (Å²) in [6.45, 7) is 1.59. The molecule has 0 aromatic heterocycles. The van der Waals surface area contributed by atoms with E-state index in [1.54, 1.807) is 24.3 Å². The van der Waals surface area contributed by atoms with Gasteiger partial charge in [0.15, 0.2) is 11.5 Å². The van der Waals surface area contributed by atoms with Crippen molar-refractivity contribution in [2.45, 2.75) is 13.0 Å². The number of halogens is 1. The highest BCUT2D eigenvalue weighted by Crippen LogP contribution is 2.36. The van der Waals surface area contributed by atoms with Crippen LogP contribution in [-0.2, 0) is 14.8 Å². The molecule has 1 amide bonds. The fraction of sp³-hybridized carbons (Fsp3) is 0.278. The molecule has 1 aliphatic rings. The third-order valence-corrected chi connectivity index (χ3v) is 5.57. The Kier molecular flexibility index (Phi) is 5.57. The van der Waals surface area contributed by atoms with Crippen LogP contribution >= 0.6 is 11.6 Å². The monoisotopic (exact) mass is 426 g/mol. The minimum Gasteiger partial charge on any atom is -0.495 e. The lowest BCUT2D eigenvalue weighted by Gasteiger charge is -2.29. The fourth-order valence-electron chi connectivity index (χ4n) is 2.84. The molecule has 1 N–H and O–H groups in total. The van der Waals surface area contributed by atoms with Crippen LogP contribution in [0.15, 0.2) is 36.4 Å². The molecule has 8 nitrogen and oxygen atoms in total. The molecule has 0 spiro atoms. The van der Waals surface area contributed by atoms with Gasteiger partial charge in [-0.25, -0.2) is 8.42 Å². The second-order valence-electron chi connectivity index (χ2n) is 6.11. The molecule has 3 rings (SSSR count). The van der Waals surface area contributed by atoms with Crippen LogP contribution < -0.4 is 23.8 Å². The van der Waals surface area contributed by atoms with Crippen molar-refractivity contribution in [2.75, 3.05) is 29.8 Å². The summed E-state index contributed by atoms with van der Waals surface area (Å²) in [7, 11) is -2.42. The lowest BCUT2D eigenvalue weighted by molar-refractivity contribution is -0.116. The van der Waals surface area contributed by atoms with Gasteiger partial charge in [0, 0.05) is 16.8 Å². The van der Waals surface area contributed by atoms with E-state index in [0.717, 1.165) is 10.6 Å². The lowest BCUT2D eigenvalue weighted by atomic mass is 10.2. The van der Waals surface area contributed by atoms with Crippen LogP contribution in [0.3, 0.4) is 0 Å². The maximum Gasteiger partial charge on any atom is 0.247 e. The number of amides is 1. The predicted molar refractivity (Wildman–Crippen MR) is 106 cm³/mol. The third-order valence-electron chi connectivity index (χ3n) is 4.11. The van der Waals surface area contributed by atoms with Crippen LogP contribution in [0, 0.1) is 0 Å². The molecule has 1 unspecified atom stereocenters. The van der Waals surface area contributed by atoms with Gasteiger partial charge in [-0.3, -0.25) is 9.10 Å². The van der Waals surface area contributed by atoms with Crippen LogP contribution in [-0.4, -0.2) is 40.5 Å². The number of carbonyl (C=O) groups is 1. The summed E-state index contributed by atoms with van der Waals surface area (Å²) in [6, 6.07) is 8.39. The number of hydrogen-bond donors (Lipinski definition) is 1. The highest BCUT2D eigenvalue weighted by molar-refractivity contribution is 7.92. The Balaban J connectivity index is 1.91. The molecule has 2 aromatic rings. The van der Waals surface area contributed by atoms with Gasteiger partial charge < -0.3 is 19.5 Å². The zero-order chi connectivity index (χ0) is 20.5. The standard InChI is InChI=1S/C18H19ClN2O6S/c1-11(18(22)20-13-5-7-16-17(9-13)27-10-26-16)21(28(3,23)24)14-8-12(19)4-6-15(14)25-2/h4-9,11H,10H2,1-3H3,(H,20,22). The molecule has 10 heteroatoms. The van der Waals surface area contributed by atoms with Gasteiger partial charge >= 0.3 is 0 Å². The molecular weight excluding hydrogens is 408 g/mol. The zero-order valence-electron chi connectivity index (χ0n) is 15.4. The molecule has 0 fully saturated rings. The highest BCUT2D eigenvalue weighted by atomic mass is 35.5. The molecule has 0 radical (unpaired) electrons. The second-order valence-corrected chi connectivity index (χ2v) is 8.40. The van der Waals surface area contributed by atoms with Crippen LogP contribution in [0.1, 0.15) is 6.92 Å². The molecule has 0 saturated heterocycles. The van der Waals surface area contributed by atoms with Crippen molar-refractivity contribution in [1.29, 1.82) is 0 Å². The number of sulfonamides is 1. The van der Waals surface area contributed by atoms with Crippen molar-refractivity contribution in [1.82, 2.24) is 0 Å². The van der Waals surface area contributed by atoms with Crippen molar-refractivity contribution >= 4 is 38.9 Å². The van der Waals surface area contributed by atoms with Gasteiger partial charge in [0.2, 0.25) is 22.7 Å². The van der Waals surface area contributed by atoms with E-state index in [0.29, 0.717) is 22.2 Å². The molecular formula is C18H19ClN2O6S. The Hall–Kier alpha value is -2.65. The Morgan fingerprint density at radius 2 is 1.93 bits per heavy atom. The maximum atomic E-state index is 12.8. The molecule has 0 saturated carbocycles. The summed E-state index contributed by atoms with van der Waals surface area (Å²) >= 11 is 6.03.